The molecule has 0 bridgehead atoms. The first kappa shape index (κ1) is 66.1. The van der Waals surface area contributed by atoms with Gasteiger partial charge in [-0.2, -0.15) is 0 Å². The lowest BCUT2D eigenvalue weighted by atomic mass is 9.96. The summed E-state index contributed by atoms with van der Waals surface area (Å²) in [7, 11) is 0. The number of hydrazine groups is 1. The molecule has 0 spiro atoms. The Balaban J connectivity index is 1.36. The van der Waals surface area contributed by atoms with Gasteiger partial charge in [0.15, 0.2) is 11.5 Å². The molecule has 8 nitrogen and oxygen atoms in total. The van der Waals surface area contributed by atoms with Crippen LogP contribution >= 0.6 is 0 Å². The van der Waals surface area contributed by atoms with Gasteiger partial charge in [0.05, 0.1) is 31.1 Å². The Kier molecular flexibility index (Phi) is 38.4. The third-order valence-corrected chi connectivity index (χ3v) is 15.8. The molecule has 0 heterocycles. The molecule has 78 heavy (non-hydrogen) atoms. The zero-order chi connectivity index (χ0) is 55.2. The zero-order valence-electron chi connectivity index (χ0n) is 50.2. The van der Waals surface area contributed by atoms with E-state index in [1.54, 1.807) is 0 Å². The van der Waals surface area contributed by atoms with Gasteiger partial charge in [0.1, 0.15) is 0 Å². The summed E-state index contributed by atoms with van der Waals surface area (Å²) in [6.07, 6.45) is 54.7. The molecule has 0 aromatic heterocycles. The second kappa shape index (κ2) is 45.3. The van der Waals surface area contributed by atoms with Crippen molar-refractivity contribution in [2.75, 3.05) is 25.1 Å². The minimum atomic E-state index is -0.570. The molecule has 0 unspecified atom stereocenters. The van der Waals surface area contributed by atoms with Gasteiger partial charge in [-0.15, -0.1) is 0 Å². The molecule has 0 fully saturated rings. The summed E-state index contributed by atoms with van der Waals surface area (Å²) in [6, 6.07) is 20.9. The molecule has 0 radical (unpaired) electrons. The highest BCUT2D eigenvalue weighted by atomic mass is 16.5. The van der Waals surface area contributed by atoms with E-state index in [2.05, 4.69) is 43.0 Å². The van der Waals surface area contributed by atoms with Gasteiger partial charge in [-0.3, -0.25) is 10.2 Å². The largest absolute Gasteiger partial charge is 0.489 e. The van der Waals surface area contributed by atoms with Crippen LogP contribution < -0.4 is 30.4 Å². The normalized spacial score (nSPS) is 11.4. The highest BCUT2D eigenvalue weighted by molar-refractivity contribution is 6.18. The predicted octanol–water partition coefficient (Wildman–Crippen LogP) is 22.0. The lowest BCUT2D eigenvalue weighted by Crippen LogP contribution is -2.44. The summed E-state index contributed by atoms with van der Waals surface area (Å²) in [5.74, 6) is 1.38. The van der Waals surface area contributed by atoms with Gasteiger partial charge in [0.25, 0.3) is 5.91 Å². The molecule has 4 aromatic carbocycles. The topological polar surface area (TPSA) is 97.9 Å². The number of carbonyl (C=O) groups excluding carboxylic acids is 2. The smallest absolute Gasteiger partial charge is 0.337 e. The first-order chi connectivity index (χ1) is 38.5. The Bertz CT molecular complexity index is 2010. The fourth-order valence-corrected chi connectivity index (χ4v) is 11.0. The van der Waals surface area contributed by atoms with Crippen LogP contribution in [0.1, 0.15) is 301 Å². The average molecular weight is 1080 g/mol. The maximum Gasteiger partial charge on any atom is 0.337 e. The van der Waals surface area contributed by atoms with E-state index in [4.69, 9.17) is 14.2 Å². The number of hydrogen-bond acceptors (Lipinski definition) is 5. The lowest BCUT2D eigenvalue weighted by molar-refractivity contribution is 0.0941. The Morgan fingerprint density at radius 2 is 0.641 bits per heavy atom. The van der Waals surface area contributed by atoms with Crippen LogP contribution in [0.5, 0.6) is 17.2 Å². The highest BCUT2D eigenvalue weighted by Gasteiger charge is 2.19. The summed E-state index contributed by atoms with van der Waals surface area (Å²) in [5, 5.41) is 6.54. The van der Waals surface area contributed by atoms with Crippen molar-refractivity contribution in [1.82, 2.24) is 10.9 Å². The van der Waals surface area contributed by atoms with Gasteiger partial charge >= 0.3 is 6.03 Å². The summed E-state index contributed by atoms with van der Waals surface area (Å²) < 4.78 is 19.9. The Morgan fingerprint density at radius 1 is 0.346 bits per heavy atom. The number of urea groups is 1. The molecule has 4 rings (SSSR count). The van der Waals surface area contributed by atoms with Gasteiger partial charge in [0, 0.05) is 12.1 Å². The second-order valence-electron chi connectivity index (χ2n) is 22.9. The molecule has 0 saturated heterocycles. The first-order valence-electron chi connectivity index (χ1n) is 32.9. The Labute approximate surface area is 476 Å². The van der Waals surface area contributed by atoms with Crippen molar-refractivity contribution in [1.29, 1.82) is 0 Å². The summed E-state index contributed by atoms with van der Waals surface area (Å²) >= 11 is 0. The van der Waals surface area contributed by atoms with Crippen LogP contribution in [0.4, 0.5) is 10.5 Å². The predicted molar refractivity (Wildman–Crippen MR) is 335 cm³/mol. The van der Waals surface area contributed by atoms with Crippen LogP contribution in [0.3, 0.4) is 0 Å². The summed E-state index contributed by atoms with van der Waals surface area (Å²) in [6.45, 7) is 8.54. The van der Waals surface area contributed by atoms with E-state index in [0.29, 0.717) is 48.3 Å². The van der Waals surface area contributed by atoms with E-state index < -0.39 is 6.03 Å². The van der Waals surface area contributed by atoms with E-state index >= 15 is 0 Å². The van der Waals surface area contributed by atoms with Gasteiger partial charge < -0.3 is 19.5 Å². The number of benzene rings is 4. The number of fused-ring (bicyclic) bond motifs is 2. The van der Waals surface area contributed by atoms with Gasteiger partial charge in [-0.05, 0) is 46.9 Å². The lowest BCUT2D eigenvalue weighted by Gasteiger charge is -2.19. The molecule has 0 aliphatic heterocycles. The van der Waals surface area contributed by atoms with E-state index in [0.717, 1.165) is 60.1 Å². The minimum Gasteiger partial charge on any atom is -0.489 e. The van der Waals surface area contributed by atoms with E-state index in [-0.39, 0.29) is 5.91 Å². The molecular formula is C70H113N3O5. The molecule has 3 amide bonds. The van der Waals surface area contributed by atoms with Crippen LogP contribution in [-0.4, -0.2) is 31.8 Å². The maximum absolute atomic E-state index is 13.9. The quantitative estimate of drug-likeness (QED) is 0.0233. The molecule has 0 saturated carbocycles. The molecule has 4 aromatic rings. The van der Waals surface area contributed by atoms with E-state index in [9.17, 15) is 9.59 Å². The second-order valence-corrected chi connectivity index (χ2v) is 22.9. The number of unbranched alkanes of at least 4 members (excludes halogenated alkanes) is 39. The third-order valence-electron chi connectivity index (χ3n) is 15.8. The molecule has 438 valence electrons. The number of amides is 3. The standard InChI is InChI=1S/C70H113N3O5/c1-4-7-10-13-16-19-22-25-28-31-34-37-40-47-54-76-65-58-62(71-70(75)73-72-69(74)67-63-52-45-43-50-60(63)57-61-51-44-46-53-64(61)67)59-66(77-55-48-41-38-35-32-29-26-23-20-17-14-11-8-5-2)68(65)78-56-49-42-39-36-33-30-27-24-21-18-15-12-9-6-3/h43-46,50-53,57-59H,4-42,47-49,54-56H2,1-3H3,(H,72,74)(H2,71,73,75). The molecule has 8 heteroatoms. The number of ether oxygens (including phenoxy) is 3. The third kappa shape index (κ3) is 29.7. The minimum absolute atomic E-state index is 0.389. The summed E-state index contributed by atoms with van der Waals surface area (Å²) in [4.78, 5) is 27.6. The summed E-state index contributed by atoms with van der Waals surface area (Å²) in [5.41, 5.74) is 6.35. The van der Waals surface area contributed by atoms with Crippen molar-refractivity contribution in [3.05, 3.63) is 72.3 Å². The molecule has 3 N–H and O–H groups in total. The number of nitrogens with one attached hydrogen (secondary N) is 3. The van der Waals surface area contributed by atoms with Crippen LogP contribution in [0.25, 0.3) is 21.5 Å². The number of hydrogen-bond donors (Lipinski definition) is 3. The van der Waals surface area contributed by atoms with Gasteiger partial charge in [-0.1, -0.05) is 320 Å². The average Bonchev–Trinajstić information content (AvgIpc) is 3.50. The van der Waals surface area contributed by atoms with Crippen LogP contribution in [0.2, 0.25) is 0 Å². The van der Waals surface area contributed by atoms with Crippen molar-refractivity contribution in [3.8, 4) is 17.2 Å². The number of rotatable bonds is 50. The maximum atomic E-state index is 13.9. The number of carbonyl (C=O) groups is 2. The fourth-order valence-electron chi connectivity index (χ4n) is 11.0. The number of anilines is 1. The van der Waals surface area contributed by atoms with Crippen LogP contribution in [0, 0.1) is 0 Å². The van der Waals surface area contributed by atoms with Gasteiger partial charge in [0.2, 0.25) is 5.75 Å². The Morgan fingerprint density at radius 3 is 0.974 bits per heavy atom. The Hall–Kier alpha value is -4.46. The SMILES string of the molecule is CCCCCCCCCCCCCCCCOc1cc(NC(=O)NNC(=O)c2c3ccccc3cc3ccccc23)cc(OCCCCCCCCCCCCCCCC)c1OCCCCCCCCCCCCCCCC. The van der Waals surface area contributed by atoms with Crippen molar-refractivity contribution in [3.63, 3.8) is 0 Å². The molecule has 0 aliphatic carbocycles. The van der Waals surface area contributed by atoms with Crippen molar-refractivity contribution >= 4 is 39.2 Å². The van der Waals surface area contributed by atoms with E-state index in [1.165, 1.54) is 231 Å². The monoisotopic (exact) mass is 1080 g/mol. The highest BCUT2D eigenvalue weighted by Crippen LogP contribution is 2.41. The fraction of sp³-hybridized carbons (Fsp3) is 0.686. The first-order valence-corrected chi connectivity index (χ1v) is 32.9. The molecule has 0 atom stereocenters. The van der Waals surface area contributed by atoms with E-state index in [1.807, 2.05) is 60.7 Å². The van der Waals surface area contributed by atoms with Crippen LogP contribution in [-0.2, 0) is 0 Å². The van der Waals surface area contributed by atoms with Crippen molar-refractivity contribution < 1.29 is 23.8 Å². The zero-order valence-corrected chi connectivity index (χ0v) is 50.2. The molecule has 0 aliphatic rings. The van der Waals surface area contributed by atoms with Crippen LogP contribution in [0.15, 0.2) is 66.7 Å². The molecular weight excluding hydrogens is 963 g/mol. The van der Waals surface area contributed by atoms with Gasteiger partial charge in [-0.25, -0.2) is 10.2 Å². The van der Waals surface area contributed by atoms with Crippen molar-refractivity contribution in [2.24, 2.45) is 0 Å². The van der Waals surface area contributed by atoms with Crippen molar-refractivity contribution in [2.45, 2.75) is 290 Å².